The molecule has 0 aliphatic carbocycles. The van der Waals surface area contributed by atoms with Gasteiger partial charge >= 0.3 is 0 Å². The first-order chi connectivity index (χ1) is 5.31. The van der Waals surface area contributed by atoms with E-state index in [1.54, 1.807) is 0 Å². The molecule has 74 valence electrons. The molecule has 0 aromatic rings. The third-order valence-electron chi connectivity index (χ3n) is 1.21. The van der Waals surface area contributed by atoms with Crippen LogP contribution in [-0.2, 0) is 9.47 Å². The fourth-order valence-corrected chi connectivity index (χ4v) is 0.790. The second-order valence-electron chi connectivity index (χ2n) is 4.62. The molecule has 0 heterocycles. The summed E-state index contributed by atoms with van der Waals surface area (Å²) in [4.78, 5) is 0. The summed E-state index contributed by atoms with van der Waals surface area (Å²) in [5, 5.41) is 0. The zero-order valence-electron chi connectivity index (χ0n) is 9.18. The summed E-state index contributed by atoms with van der Waals surface area (Å²) >= 11 is 0. The molecular formula is C10H22O2. The number of rotatable bonds is 4. The lowest BCUT2D eigenvalue weighted by Crippen LogP contribution is -2.23. The Morgan fingerprint density at radius 2 is 1.58 bits per heavy atom. The monoisotopic (exact) mass is 174 g/mol. The maximum Gasteiger partial charge on any atom is 0.155 e. The van der Waals surface area contributed by atoms with Crippen molar-refractivity contribution in [3.63, 3.8) is 0 Å². The Bertz CT molecular complexity index is 113. The van der Waals surface area contributed by atoms with Gasteiger partial charge in [0, 0.05) is 0 Å². The SMILES string of the molecule is CC(C)OC(C)OCC(C)(C)C. The first-order valence-electron chi connectivity index (χ1n) is 4.58. The third-order valence-corrected chi connectivity index (χ3v) is 1.21. The van der Waals surface area contributed by atoms with E-state index >= 15 is 0 Å². The summed E-state index contributed by atoms with van der Waals surface area (Å²) in [7, 11) is 0. The maximum absolute atomic E-state index is 5.50. The zero-order valence-corrected chi connectivity index (χ0v) is 9.18. The van der Waals surface area contributed by atoms with Crippen LogP contribution < -0.4 is 0 Å². The average molecular weight is 174 g/mol. The molecule has 0 aromatic carbocycles. The van der Waals surface area contributed by atoms with Crippen molar-refractivity contribution in [2.75, 3.05) is 6.61 Å². The van der Waals surface area contributed by atoms with E-state index in [1.807, 2.05) is 20.8 Å². The van der Waals surface area contributed by atoms with Gasteiger partial charge in [0.2, 0.25) is 0 Å². The van der Waals surface area contributed by atoms with Gasteiger partial charge in [-0.2, -0.15) is 0 Å². The Morgan fingerprint density at radius 1 is 1.08 bits per heavy atom. The molecule has 0 aliphatic rings. The van der Waals surface area contributed by atoms with Crippen molar-refractivity contribution in [1.29, 1.82) is 0 Å². The largest absolute Gasteiger partial charge is 0.352 e. The molecule has 0 bridgehead atoms. The molecule has 1 atom stereocenters. The maximum atomic E-state index is 5.50. The van der Waals surface area contributed by atoms with Gasteiger partial charge in [0.05, 0.1) is 12.7 Å². The van der Waals surface area contributed by atoms with Gasteiger partial charge in [-0.1, -0.05) is 20.8 Å². The Hall–Kier alpha value is -0.0800. The number of ether oxygens (including phenoxy) is 2. The molecule has 0 N–H and O–H groups in total. The minimum atomic E-state index is -0.0933. The van der Waals surface area contributed by atoms with Crippen molar-refractivity contribution in [3.8, 4) is 0 Å². The Labute approximate surface area is 76.3 Å². The first kappa shape index (κ1) is 11.9. The van der Waals surface area contributed by atoms with Crippen molar-refractivity contribution >= 4 is 0 Å². The molecule has 2 heteroatoms. The van der Waals surface area contributed by atoms with Crippen LogP contribution in [0.15, 0.2) is 0 Å². The minimum absolute atomic E-state index is 0.0933. The summed E-state index contributed by atoms with van der Waals surface area (Å²) in [6, 6.07) is 0. The molecular weight excluding hydrogens is 152 g/mol. The van der Waals surface area contributed by atoms with E-state index in [9.17, 15) is 0 Å². The molecule has 0 saturated heterocycles. The molecule has 0 fully saturated rings. The normalized spacial score (nSPS) is 15.2. The van der Waals surface area contributed by atoms with Gasteiger partial charge in [0.15, 0.2) is 6.29 Å². The lowest BCUT2D eigenvalue weighted by Gasteiger charge is -2.23. The third kappa shape index (κ3) is 8.02. The van der Waals surface area contributed by atoms with Crippen molar-refractivity contribution in [3.05, 3.63) is 0 Å². The molecule has 0 radical (unpaired) electrons. The zero-order chi connectivity index (χ0) is 9.78. The van der Waals surface area contributed by atoms with E-state index in [2.05, 4.69) is 20.8 Å². The van der Waals surface area contributed by atoms with Crippen molar-refractivity contribution in [2.24, 2.45) is 5.41 Å². The predicted molar refractivity (Wildman–Crippen MR) is 51.1 cm³/mol. The van der Waals surface area contributed by atoms with E-state index in [0.717, 1.165) is 6.61 Å². The fourth-order valence-electron chi connectivity index (χ4n) is 0.790. The van der Waals surface area contributed by atoms with Crippen LogP contribution in [0.4, 0.5) is 0 Å². The van der Waals surface area contributed by atoms with Crippen LogP contribution in [0.5, 0.6) is 0 Å². The van der Waals surface area contributed by atoms with Crippen LogP contribution in [0.1, 0.15) is 41.5 Å². The lowest BCUT2D eigenvalue weighted by atomic mass is 9.99. The molecule has 0 spiro atoms. The molecule has 0 saturated carbocycles. The quantitative estimate of drug-likeness (QED) is 0.610. The van der Waals surface area contributed by atoms with Crippen LogP contribution >= 0.6 is 0 Å². The highest BCUT2D eigenvalue weighted by atomic mass is 16.7. The smallest absolute Gasteiger partial charge is 0.155 e. The van der Waals surface area contributed by atoms with Crippen LogP contribution in [0.25, 0.3) is 0 Å². The lowest BCUT2D eigenvalue weighted by molar-refractivity contribution is -0.164. The topological polar surface area (TPSA) is 18.5 Å². The first-order valence-corrected chi connectivity index (χ1v) is 4.58. The minimum Gasteiger partial charge on any atom is -0.352 e. The van der Waals surface area contributed by atoms with E-state index in [1.165, 1.54) is 0 Å². The van der Waals surface area contributed by atoms with Gasteiger partial charge in [0.25, 0.3) is 0 Å². The Balaban J connectivity index is 3.51. The fraction of sp³-hybridized carbons (Fsp3) is 1.00. The van der Waals surface area contributed by atoms with Crippen molar-refractivity contribution < 1.29 is 9.47 Å². The van der Waals surface area contributed by atoms with Gasteiger partial charge in [-0.05, 0) is 26.2 Å². The summed E-state index contributed by atoms with van der Waals surface area (Å²) in [6.45, 7) is 13.1. The summed E-state index contributed by atoms with van der Waals surface area (Å²) in [5.41, 5.74) is 0.217. The summed E-state index contributed by atoms with van der Waals surface area (Å²) in [5.74, 6) is 0. The molecule has 0 amide bonds. The van der Waals surface area contributed by atoms with Gasteiger partial charge < -0.3 is 9.47 Å². The van der Waals surface area contributed by atoms with E-state index in [4.69, 9.17) is 9.47 Å². The number of hydrogen-bond acceptors (Lipinski definition) is 2. The Morgan fingerprint density at radius 3 is 1.92 bits per heavy atom. The van der Waals surface area contributed by atoms with Gasteiger partial charge in [0.1, 0.15) is 0 Å². The molecule has 0 aliphatic heterocycles. The van der Waals surface area contributed by atoms with Crippen LogP contribution in [0.3, 0.4) is 0 Å². The second kappa shape index (κ2) is 4.83. The van der Waals surface area contributed by atoms with Crippen LogP contribution in [-0.4, -0.2) is 19.0 Å². The van der Waals surface area contributed by atoms with E-state index < -0.39 is 0 Å². The standard InChI is InChI=1S/C10H22O2/c1-8(2)12-9(3)11-7-10(4,5)6/h8-9H,7H2,1-6H3. The molecule has 0 rings (SSSR count). The number of hydrogen-bond donors (Lipinski definition) is 0. The summed E-state index contributed by atoms with van der Waals surface area (Å²) in [6.07, 6.45) is 0.143. The Kier molecular flexibility index (Phi) is 4.80. The molecule has 1 unspecified atom stereocenters. The highest BCUT2D eigenvalue weighted by Crippen LogP contribution is 2.14. The van der Waals surface area contributed by atoms with E-state index in [-0.39, 0.29) is 17.8 Å². The van der Waals surface area contributed by atoms with Gasteiger partial charge in [-0.15, -0.1) is 0 Å². The predicted octanol–water partition coefficient (Wildman–Crippen LogP) is 2.82. The van der Waals surface area contributed by atoms with Crippen LogP contribution in [0, 0.1) is 5.41 Å². The highest BCUT2D eigenvalue weighted by molar-refractivity contribution is 4.59. The van der Waals surface area contributed by atoms with Crippen molar-refractivity contribution in [2.45, 2.75) is 53.9 Å². The molecule has 2 nitrogen and oxygen atoms in total. The van der Waals surface area contributed by atoms with Crippen molar-refractivity contribution in [1.82, 2.24) is 0 Å². The molecule has 0 aromatic heterocycles. The van der Waals surface area contributed by atoms with Crippen LogP contribution in [0.2, 0.25) is 0 Å². The van der Waals surface area contributed by atoms with E-state index in [0.29, 0.717) is 0 Å². The van der Waals surface area contributed by atoms with Gasteiger partial charge in [-0.3, -0.25) is 0 Å². The van der Waals surface area contributed by atoms with Gasteiger partial charge in [-0.25, -0.2) is 0 Å². The summed E-state index contributed by atoms with van der Waals surface area (Å²) < 4.78 is 10.9. The average Bonchev–Trinajstić information content (AvgIpc) is 1.80. The molecule has 12 heavy (non-hydrogen) atoms. The second-order valence-corrected chi connectivity index (χ2v) is 4.62. The highest BCUT2D eigenvalue weighted by Gasteiger charge is 2.13.